The minimum Gasteiger partial charge on any atom is -0.548 e. The van der Waals surface area contributed by atoms with Crippen LogP contribution in [0.25, 0.3) is 0 Å². The molecule has 1 aromatic rings. The van der Waals surface area contributed by atoms with Crippen LogP contribution in [-0.2, 0) is 42.0 Å². The van der Waals surface area contributed by atoms with Gasteiger partial charge in [-0.1, -0.05) is 0 Å². The molecular formula is C16H21N5O7S. The van der Waals surface area contributed by atoms with Gasteiger partial charge < -0.3 is 24.4 Å². The highest BCUT2D eigenvalue weighted by Crippen LogP contribution is 2.46. The first-order valence-electron chi connectivity index (χ1n) is 9.19. The summed E-state index contributed by atoms with van der Waals surface area (Å²) in [7, 11) is -3.96. The molecule has 3 aliphatic heterocycles. The van der Waals surface area contributed by atoms with Gasteiger partial charge in [-0.15, -0.1) is 9.36 Å². The molecule has 29 heavy (non-hydrogen) atoms. The summed E-state index contributed by atoms with van der Waals surface area (Å²) >= 11 is 0. The second kappa shape index (κ2) is 6.76. The molecule has 0 unspecified atom stereocenters. The van der Waals surface area contributed by atoms with Gasteiger partial charge in [0.25, 0.3) is 5.91 Å². The summed E-state index contributed by atoms with van der Waals surface area (Å²) in [5.74, 6) is -2.29. The molecule has 3 fully saturated rings. The summed E-state index contributed by atoms with van der Waals surface area (Å²) < 4.78 is 31.9. The van der Waals surface area contributed by atoms with Crippen molar-refractivity contribution in [2.24, 2.45) is 0 Å². The number of hydrogen-bond donors (Lipinski definition) is 0. The van der Waals surface area contributed by atoms with Gasteiger partial charge in [-0.25, -0.2) is 8.42 Å². The molecule has 12 nitrogen and oxygen atoms in total. The molecule has 3 atom stereocenters. The van der Waals surface area contributed by atoms with Gasteiger partial charge in [0.05, 0.1) is 36.9 Å². The van der Waals surface area contributed by atoms with Gasteiger partial charge in [0, 0.05) is 13.1 Å². The lowest BCUT2D eigenvalue weighted by Gasteiger charge is -2.38. The molecule has 3 saturated heterocycles. The fraction of sp³-hybridized carbons (Fsp3) is 0.688. The van der Waals surface area contributed by atoms with E-state index in [1.165, 1.54) is 28.7 Å². The van der Waals surface area contributed by atoms with Crippen LogP contribution in [-0.4, -0.2) is 88.4 Å². The number of carboxylic acids is 1. The lowest BCUT2D eigenvalue weighted by atomic mass is 9.96. The first kappa shape index (κ1) is 19.8. The van der Waals surface area contributed by atoms with E-state index in [2.05, 4.69) is 5.21 Å². The molecule has 4 heterocycles. The lowest BCUT2D eigenvalue weighted by Crippen LogP contribution is -2.61. The predicted octanol–water partition coefficient (Wildman–Crippen LogP) is -4.11. The zero-order chi connectivity index (χ0) is 21.0. The molecule has 3 aliphatic rings. The van der Waals surface area contributed by atoms with Gasteiger partial charge in [-0.05, 0) is 6.92 Å². The molecule has 0 aliphatic carbocycles. The number of carboxylic acid groups (broad SMARTS) is 1. The highest BCUT2D eigenvalue weighted by atomic mass is 32.2. The molecular weight excluding hydrogens is 406 g/mol. The number of amides is 2. The Kier molecular flexibility index (Phi) is 4.61. The van der Waals surface area contributed by atoms with Crippen molar-refractivity contribution in [1.82, 2.24) is 19.7 Å². The van der Waals surface area contributed by atoms with Crippen molar-refractivity contribution in [3.8, 4) is 0 Å². The number of rotatable bonds is 5. The Morgan fingerprint density at radius 1 is 1.38 bits per heavy atom. The van der Waals surface area contributed by atoms with Crippen LogP contribution < -0.4 is 9.79 Å². The fourth-order valence-corrected chi connectivity index (χ4v) is 6.53. The van der Waals surface area contributed by atoms with Crippen LogP contribution in [0.2, 0.25) is 0 Å². The highest BCUT2D eigenvalue weighted by molar-refractivity contribution is 7.93. The van der Waals surface area contributed by atoms with Crippen LogP contribution in [0.3, 0.4) is 0 Å². The maximum Gasteiger partial charge on any atom is 0.267 e. The number of nitrogens with zero attached hydrogens (tertiary/aromatic N) is 5. The average Bonchev–Trinajstić information content (AvgIpc) is 3.14. The Labute approximate surface area is 166 Å². The minimum atomic E-state index is -3.96. The van der Waals surface area contributed by atoms with Crippen molar-refractivity contribution in [2.75, 3.05) is 26.3 Å². The standard InChI is InChI=1S/C16H21N5O7S/c1-16(14(15(24)25)21-11(22)8-13(21)29(16,26)27)10-20-3-2-19(17-20)9-12(23)18-4-6-28-7-5-18/h2-3,13-14H,4-10H2,1H3/t13-,14+,16+/m1/s1. The zero-order valence-corrected chi connectivity index (χ0v) is 16.6. The van der Waals surface area contributed by atoms with Crippen molar-refractivity contribution >= 4 is 27.6 Å². The number of hydrogen-bond acceptors (Lipinski definition) is 8. The molecule has 0 N–H and O–H groups in total. The number of sulfone groups is 1. The summed E-state index contributed by atoms with van der Waals surface area (Å²) in [4.78, 5) is 38.4. The number of carbonyl (C=O) groups excluding carboxylic acids is 3. The van der Waals surface area contributed by atoms with Crippen molar-refractivity contribution in [3.63, 3.8) is 0 Å². The number of fused-ring (bicyclic) bond motifs is 1. The van der Waals surface area contributed by atoms with Crippen LogP contribution >= 0.6 is 0 Å². The maximum absolute atomic E-state index is 12.9. The van der Waals surface area contributed by atoms with E-state index < -0.39 is 37.9 Å². The average molecular weight is 427 g/mol. The predicted molar refractivity (Wildman–Crippen MR) is 91.2 cm³/mol. The number of ether oxygens (including phenoxy) is 1. The fourth-order valence-electron chi connectivity index (χ4n) is 4.17. The normalized spacial score (nSPS) is 30.7. The number of aliphatic carboxylic acids is 1. The number of β-lactam (4-membered cyclic amide) rings is 1. The molecule has 0 saturated carbocycles. The third kappa shape index (κ3) is 2.99. The van der Waals surface area contributed by atoms with Crippen LogP contribution in [0.5, 0.6) is 0 Å². The van der Waals surface area contributed by atoms with Crippen molar-refractivity contribution in [3.05, 3.63) is 12.4 Å². The summed E-state index contributed by atoms with van der Waals surface area (Å²) in [5, 5.41) is 14.7. The lowest BCUT2D eigenvalue weighted by molar-refractivity contribution is -0.744. The molecule has 2 amide bonds. The Morgan fingerprint density at radius 3 is 2.69 bits per heavy atom. The summed E-state index contributed by atoms with van der Waals surface area (Å²) in [5.41, 5.74) is 0. The van der Waals surface area contributed by atoms with E-state index >= 15 is 0 Å². The Balaban J connectivity index is 1.53. The summed E-state index contributed by atoms with van der Waals surface area (Å²) in [6, 6.07) is -1.59. The first-order chi connectivity index (χ1) is 13.6. The van der Waals surface area contributed by atoms with Crippen molar-refractivity contribution in [2.45, 2.75) is 42.6 Å². The van der Waals surface area contributed by atoms with Crippen molar-refractivity contribution < 1.29 is 37.3 Å². The van der Waals surface area contributed by atoms with Gasteiger partial charge in [0.15, 0.2) is 28.8 Å². The minimum absolute atomic E-state index is 0.0341. The van der Waals surface area contributed by atoms with Crippen molar-refractivity contribution in [1.29, 1.82) is 0 Å². The van der Waals surface area contributed by atoms with Crippen LogP contribution in [0.4, 0.5) is 0 Å². The summed E-state index contributed by atoms with van der Waals surface area (Å²) in [6.07, 6.45) is 2.75. The number of morpholine rings is 1. The molecule has 4 rings (SSSR count). The Morgan fingerprint density at radius 2 is 2.07 bits per heavy atom. The second-order valence-corrected chi connectivity index (χ2v) is 10.2. The molecule has 0 spiro atoms. The molecule has 0 radical (unpaired) electrons. The van der Waals surface area contributed by atoms with E-state index in [0.717, 1.165) is 4.90 Å². The largest absolute Gasteiger partial charge is 0.548 e. The van der Waals surface area contributed by atoms with Gasteiger partial charge in [0.1, 0.15) is 16.7 Å². The van der Waals surface area contributed by atoms with Gasteiger partial charge in [0.2, 0.25) is 5.91 Å². The molecule has 158 valence electrons. The second-order valence-electron chi connectivity index (χ2n) is 7.61. The van der Waals surface area contributed by atoms with Crippen LogP contribution in [0.15, 0.2) is 12.4 Å². The van der Waals surface area contributed by atoms with E-state index in [-0.39, 0.29) is 25.4 Å². The molecule has 13 heteroatoms. The van der Waals surface area contributed by atoms with Gasteiger partial charge >= 0.3 is 0 Å². The molecule has 0 bridgehead atoms. The van der Waals surface area contributed by atoms with E-state index in [1.807, 2.05) is 0 Å². The topological polar surface area (TPSA) is 146 Å². The monoisotopic (exact) mass is 427 g/mol. The summed E-state index contributed by atoms with van der Waals surface area (Å²) in [6.45, 7) is 2.91. The van der Waals surface area contributed by atoms with Crippen LogP contribution in [0.1, 0.15) is 13.3 Å². The SMILES string of the molecule is C[C@]1(Cn2cc[n+](CC(=O)N3CCOCC3)n2)[C@H](C(=O)[O-])N2C(=O)C[C@H]2S1(=O)=O. The quantitative estimate of drug-likeness (QED) is 0.340. The molecule has 1 aromatic heterocycles. The number of carbonyl (C=O) groups is 3. The number of aromatic nitrogens is 3. The van der Waals surface area contributed by atoms with Crippen LogP contribution in [0, 0.1) is 0 Å². The highest BCUT2D eigenvalue weighted by Gasteiger charge is 2.69. The third-order valence-electron chi connectivity index (χ3n) is 5.81. The van der Waals surface area contributed by atoms with E-state index in [4.69, 9.17) is 4.74 Å². The Hall–Kier alpha value is -2.54. The van der Waals surface area contributed by atoms with E-state index in [1.54, 1.807) is 4.90 Å². The zero-order valence-electron chi connectivity index (χ0n) is 15.8. The van der Waals surface area contributed by atoms with E-state index in [9.17, 15) is 27.9 Å². The van der Waals surface area contributed by atoms with Gasteiger partial charge in [-0.2, -0.15) is 0 Å². The molecule has 0 aromatic carbocycles. The Bertz CT molecular complexity index is 970. The first-order valence-corrected chi connectivity index (χ1v) is 10.7. The van der Waals surface area contributed by atoms with E-state index in [0.29, 0.717) is 26.3 Å². The van der Waals surface area contributed by atoms with Gasteiger partial charge in [-0.3, -0.25) is 9.59 Å². The smallest absolute Gasteiger partial charge is 0.267 e. The maximum atomic E-state index is 12.9. The third-order valence-corrected chi connectivity index (χ3v) is 8.58.